The van der Waals surface area contributed by atoms with Gasteiger partial charge < -0.3 is 5.11 Å². The van der Waals surface area contributed by atoms with E-state index in [9.17, 15) is 5.11 Å². The number of aromatic nitrogens is 3. The second-order valence-electron chi connectivity index (χ2n) is 3.20. The number of aryl methyl sites for hydroxylation is 1. The molecule has 0 saturated carbocycles. The summed E-state index contributed by atoms with van der Waals surface area (Å²) >= 11 is 3.28. The third-order valence-electron chi connectivity index (χ3n) is 2.18. The Labute approximate surface area is 100 Å². The van der Waals surface area contributed by atoms with Crippen LogP contribution in [0.4, 0.5) is 0 Å². The monoisotopic (exact) mass is 278 g/mol. The Bertz CT molecular complexity index is 565. The van der Waals surface area contributed by atoms with E-state index in [1.165, 1.54) is 6.07 Å². The number of halogens is 1. The summed E-state index contributed by atoms with van der Waals surface area (Å²) in [7, 11) is 1.76. The number of rotatable bonds is 1. The maximum atomic E-state index is 9.40. The van der Waals surface area contributed by atoms with Crippen molar-refractivity contribution in [1.29, 1.82) is 5.26 Å². The number of phenols is 1. The number of hydrogen-bond acceptors (Lipinski definition) is 4. The van der Waals surface area contributed by atoms with Gasteiger partial charge in [-0.1, -0.05) is 5.21 Å². The van der Waals surface area contributed by atoms with Gasteiger partial charge in [0.15, 0.2) is 4.60 Å². The van der Waals surface area contributed by atoms with Crippen molar-refractivity contribution in [2.24, 2.45) is 7.05 Å². The highest BCUT2D eigenvalue weighted by molar-refractivity contribution is 9.10. The van der Waals surface area contributed by atoms with E-state index in [1.807, 2.05) is 6.07 Å². The molecule has 6 heteroatoms. The average molecular weight is 279 g/mol. The first-order chi connectivity index (χ1) is 7.63. The quantitative estimate of drug-likeness (QED) is 0.864. The number of phenolic OH excluding ortho intramolecular Hbond substituents is 1. The molecule has 1 heterocycles. The van der Waals surface area contributed by atoms with Crippen LogP contribution in [0.15, 0.2) is 22.8 Å². The fraction of sp³-hybridized carbons (Fsp3) is 0.100. The van der Waals surface area contributed by atoms with Gasteiger partial charge in [-0.25, -0.2) is 4.68 Å². The van der Waals surface area contributed by atoms with Gasteiger partial charge in [-0.15, -0.1) is 5.10 Å². The molecule has 0 aliphatic heterocycles. The molecule has 0 fully saturated rings. The van der Waals surface area contributed by atoms with Gasteiger partial charge in [0.05, 0.1) is 5.56 Å². The highest BCUT2D eigenvalue weighted by atomic mass is 79.9. The molecular formula is C10H7BrN4O. The van der Waals surface area contributed by atoms with Crippen molar-refractivity contribution >= 4 is 15.9 Å². The molecule has 0 amide bonds. The minimum atomic E-state index is -0.0301. The predicted molar refractivity (Wildman–Crippen MR) is 60.5 cm³/mol. The number of benzene rings is 1. The molecule has 1 aromatic heterocycles. The summed E-state index contributed by atoms with van der Waals surface area (Å²) < 4.78 is 2.20. The van der Waals surface area contributed by atoms with Crippen LogP contribution < -0.4 is 0 Å². The van der Waals surface area contributed by atoms with E-state index in [4.69, 9.17) is 5.26 Å². The third-order valence-corrected chi connectivity index (χ3v) is 2.71. The summed E-state index contributed by atoms with van der Waals surface area (Å²) in [5.74, 6) is -0.0301. The van der Waals surface area contributed by atoms with Crippen LogP contribution in [-0.2, 0) is 7.05 Å². The first kappa shape index (κ1) is 10.6. The van der Waals surface area contributed by atoms with Crippen molar-refractivity contribution in [3.8, 4) is 23.1 Å². The van der Waals surface area contributed by atoms with Gasteiger partial charge in [0.1, 0.15) is 17.5 Å². The highest BCUT2D eigenvalue weighted by Gasteiger charge is 2.12. The van der Waals surface area contributed by atoms with Crippen molar-refractivity contribution in [1.82, 2.24) is 15.0 Å². The Balaban J connectivity index is 2.62. The summed E-state index contributed by atoms with van der Waals surface area (Å²) in [4.78, 5) is 0. The Morgan fingerprint density at radius 2 is 2.25 bits per heavy atom. The fourth-order valence-electron chi connectivity index (χ4n) is 1.41. The molecule has 0 spiro atoms. The minimum absolute atomic E-state index is 0.0301. The SMILES string of the molecule is Cn1nnc(Br)c1-c1ccc(O)c(C#N)c1. The summed E-state index contributed by atoms with van der Waals surface area (Å²) in [6.45, 7) is 0. The molecule has 0 unspecified atom stereocenters. The van der Waals surface area contributed by atoms with Crippen LogP contribution in [0.5, 0.6) is 5.75 Å². The van der Waals surface area contributed by atoms with Crippen LogP contribution in [0, 0.1) is 11.3 Å². The molecule has 1 aromatic carbocycles. The number of nitriles is 1. The molecule has 0 aliphatic rings. The minimum Gasteiger partial charge on any atom is -0.507 e. The molecule has 2 rings (SSSR count). The van der Waals surface area contributed by atoms with Gasteiger partial charge in [-0.05, 0) is 34.1 Å². The predicted octanol–water partition coefficient (Wildman–Crippen LogP) is 1.82. The highest BCUT2D eigenvalue weighted by Crippen LogP contribution is 2.29. The second-order valence-corrected chi connectivity index (χ2v) is 3.95. The third kappa shape index (κ3) is 1.66. The van der Waals surface area contributed by atoms with E-state index < -0.39 is 0 Å². The normalized spacial score (nSPS) is 10.1. The van der Waals surface area contributed by atoms with Gasteiger partial charge in [0.25, 0.3) is 0 Å². The number of aromatic hydroxyl groups is 1. The van der Waals surface area contributed by atoms with Crippen molar-refractivity contribution < 1.29 is 5.11 Å². The molecule has 5 nitrogen and oxygen atoms in total. The summed E-state index contributed by atoms with van der Waals surface area (Å²) in [6.07, 6.45) is 0. The number of nitrogens with zero attached hydrogens (tertiary/aromatic N) is 4. The molecule has 0 radical (unpaired) electrons. The maximum absolute atomic E-state index is 9.40. The lowest BCUT2D eigenvalue weighted by atomic mass is 10.1. The lowest BCUT2D eigenvalue weighted by Crippen LogP contribution is -1.94. The fourth-order valence-corrected chi connectivity index (χ4v) is 1.97. The molecule has 0 aliphatic carbocycles. The maximum Gasteiger partial charge on any atom is 0.156 e. The van der Waals surface area contributed by atoms with Crippen molar-refractivity contribution in [3.63, 3.8) is 0 Å². The van der Waals surface area contributed by atoms with Crippen LogP contribution >= 0.6 is 15.9 Å². The van der Waals surface area contributed by atoms with E-state index in [0.717, 1.165) is 11.3 Å². The summed E-state index contributed by atoms with van der Waals surface area (Å²) in [6, 6.07) is 6.70. The Kier molecular flexibility index (Phi) is 2.62. The molecular weight excluding hydrogens is 272 g/mol. The zero-order valence-electron chi connectivity index (χ0n) is 8.35. The molecule has 1 N–H and O–H groups in total. The van der Waals surface area contributed by atoms with E-state index >= 15 is 0 Å². The molecule has 0 saturated heterocycles. The van der Waals surface area contributed by atoms with Crippen molar-refractivity contribution in [2.45, 2.75) is 0 Å². The lowest BCUT2D eigenvalue weighted by Gasteiger charge is -2.03. The Hall–Kier alpha value is -1.87. The Morgan fingerprint density at radius 1 is 1.50 bits per heavy atom. The average Bonchev–Trinajstić information content (AvgIpc) is 2.60. The van der Waals surface area contributed by atoms with E-state index in [-0.39, 0.29) is 11.3 Å². The Morgan fingerprint density at radius 3 is 2.81 bits per heavy atom. The summed E-state index contributed by atoms with van der Waals surface area (Å²) in [5.41, 5.74) is 1.76. The largest absolute Gasteiger partial charge is 0.507 e. The van der Waals surface area contributed by atoms with Gasteiger partial charge in [-0.2, -0.15) is 5.26 Å². The van der Waals surface area contributed by atoms with Crippen LogP contribution in [-0.4, -0.2) is 20.1 Å². The lowest BCUT2D eigenvalue weighted by molar-refractivity contribution is 0.473. The van der Waals surface area contributed by atoms with E-state index in [2.05, 4.69) is 26.2 Å². The van der Waals surface area contributed by atoms with Crippen molar-refractivity contribution in [3.05, 3.63) is 28.4 Å². The number of hydrogen-bond donors (Lipinski definition) is 1. The van der Waals surface area contributed by atoms with E-state index in [0.29, 0.717) is 4.60 Å². The first-order valence-electron chi connectivity index (χ1n) is 4.42. The molecule has 16 heavy (non-hydrogen) atoms. The molecule has 0 atom stereocenters. The van der Waals surface area contributed by atoms with Crippen LogP contribution in [0.25, 0.3) is 11.3 Å². The first-order valence-corrected chi connectivity index (χ1v) is 5.21. The molecule has 2 aromatic rings. The van der Waals surface area contributed by atoms with Crippen LogP contribution in [0.1, 0.15) is 5.56 Å². The smallest absolute Gasteiger partial charge is 0.156 e. The molecule has 0 bridgehead atoms. The van der Waals surface area contributed by atoms with Gasteiger partial charge >= 0.3 is 0 Å². The van der Waals surface area contributed by atoms with Crippen molar-refractivity contribution in [2.75, 3.05) is 0 Å². The zero-order chi connectivity index (χ0) is 11.7. The van der Waals surface area contributed by atoms with Gasteiger partial charge in [0, 0.05) is 12.6 Å². The topological polar surface area (TPSA) is 74.7 Å². The van der Waals surface area contributed by atoms with Crippen LogP contribution in [0.3, 0.4) is 0 Å². The van der Waals surface area contributed by atoms with Gasteiger partial charge in [-0.3, -0.25) is 0 Å². The van der Waals surface area contributed by atoms with Gasteiger partial charge in [0.2, 0.25) is 0 Å². The van der Waals surface area contributed by atoms with Crippen LogP contribution in [0.2, 0.25) is 0 Å². The summed E-state index contributed by atoms with van der Waals surface area (Å²) in [5, 5.41) is 25.9. The van der Waals surface area contributed by atoms with E-state index in [1.54, 1.807) is 23.9 Å². The molecule has 80 valence electrons. The standard InChI is InChI=1S/C10H7BrN4O/c1-15-9(10(11)13-14-15)6-2-3-8(16)7(4-6)5-12/h2-4,16H,1H3. The zero-order valence-corrected chi connectivity index (χ0v) is 9.93. The second kappa shape index (κ2) is 3.94.